The van der Waals surface area contributed by atoms with E-state index in [0.29, 0.717) is 29.0 Å². The highest BCUT2D eigenvalue weighted by Crippen LogP contribution is 2.34. The van der Waals surface area contributed by atoms with Crippen LogP contribution in [0, 0.1) is 13.8 Å². The number of ether oxygens (including phenoxy) is 2. The third kappa shape index (κ3) is 5.61. The Hall–Kier alpha value is -2.31. The fourth-order valence-corrected chi connectivity index (χ4v) is 4.47. The lowest BCUT2D eigenvalue weighted by molar-refractivity contribution is -0.121. The molecule has 0 aliphatic carbocycles. The Morgan fingerprint density at radius 1 is 1.07 bits per heavy atom. The van der Waals surface area contributed by atoms with Gasteiger partial charge in [-0.15, -0.1) is 0 Å². The maximum Gasteiger partial charge on any atom is 0.266 e. The van der Waals surface area contributed by atoms with Crippen LogP contribution in [0.1, 0.15) is 30.0 Å². The first-order valence-electron chi connectivity index (χ1n) is 9.66. The van der Waals surface area contributed by atoms with Crippen molar-refractivity contribution in [1.29, 1.82) is 0 Å². The average molecular weight is 428 g/mol. The number of nitrogens with zero attached hydrogens (tertiary/aromatic N) is 1. The van der Waals surface area contributed by atoms with Crippen LogP contribution in [0.5, 0.6) is 11.5 Å². The number of hydrogen-bond donors (Lipinski definition) is 0. The lowest BCUT2D eigenvalue weighted by atomic mass is 10.1. The Morgan fingerprint density at radius 2 is 1.76 bits per heavy atom. The molecule has 0 N–H and O–H groups in total. The topological polar surface area (TPSA) is 38.8 Å². The number of benzene rings is 2. The number of likely N-dealkylation sites (N-methyl/N-ethyl adjacent to an activating group) is 1. The summed E-state index contributed by atoms with van der Waals surface area (Å²) in [7, 11) is 0. The summed E-state index contributed by atoms with van der Waals surface area (Å²) < 4.78 is 12.4. The summed E-state index contributed by atoms with van der Waals surface area (Å²) in [5.41, 5.74) is 3.26. The molecule has 1 amide bonds. The van der Waals surface area contributed by atoms with Crippen molar-refractivity contribution >= 4 is 40.3 Å². The molecule has 2 aromatic carbocycles. The molecule has 1 aliphatic heterocycles. The van der Waals surface area contributed by atoms with E-state index < -0.39 is 0 Å². The minimum atomic E-state index is -0.0425. The zero-order valence-corrected chi connectivity index (χ0v) is 18.6. The van der Waals surface area contributed by atoms with Crippen LogP contribution in [0.4, 0.5) is 0 Å². The molecule has 2 aromatic rings. The number of rotatable bonds is 8. The van der Waals surface area contributed by atoms with Crippen LogP contribution >= 0.6 is 24.0 Å². The molecule has 0 saturated carbocycles. The summed E-state index contributed by atoms with van der Waals surface area (Å²) in [5, 5.41) is 0. The zero-order chi connectivity index (χ0) is 20.8. The van der Waals surface area contributed by atoms with Crippen LogP contribution in [0.25, 0.3) is 6.08 Å². The van der Waals surface area contributed by atoms with E-state index in [-0.39, 0.29) is 5.91 Å². The quantitative estimate of drug-likeness (QED) is 0.322. The van der Waals surface area contributed by atoms with Crippen molar-refractivity contribution in [1.82, 2.24) is 4.90 Å². The number of carbonyl (C=O) groups excluding carboxylic acids is 1. The van der Waals surface area contributed by atoms with E-state index in [1.165, 1.54) is 22.9 Å². The van der Waals surface area contributed by atoms with Crippen molar-refractivity contribution in [3.05, 3.63) is 64.1 Å². The van der Waals surface area contributed by atoms with Gasteiger partial charge in [0, 0.05) is 18.5 Å². The van der Waals surface area contributed by atoms with Crippen LogP contribution in [0.3, 0.4) is 0 Å². The van der Waals surface area contributed by atoms with Crippen LogP contribution in [-0.4, -0.2) is 34.9 Å². The molecule has 0 radical (unpaired) electrons. The summed E-state index contributed by atoms with van der Waals surface area (Å²) in [6, 6.07) is 13.9. The largest absolute Gasteiger partial charge is 0.493 e. The molecule has 0 spiro atoms. The molecule has 0 bridgehead atoms. The standard InChI is InChI=1S/C23H25NO3S2/c1-4-24-22(25)21(29-23(24)28)15-18-8-5-6-9-20(18)27-11-7-10-26-19-13-16(2)12-17(3)14-19/h5-6,8-9,12-15H,4,7,10-11H2,1-3H3/b21-15+. The summed E-state index contributed by atoms with van der Waals surface area (Å²) >= 11 is 6.62. The second-order valence-corrected chi connectivity index (χ2v) is 8.51. The van der Waals surface area contributed by atoms with Crippen LogP contribution in [0.2, 0.25) is 0 Å². The van der Waals surface area contributed by atoms with Gasteiger partial charge in [0.25, 0.3) is 5.91 Å². The van der Waals surface area contributed by atoms with Gasteiger partial charge in [0.2, 0.25) is 0 Å². The van der Waals surface area contributed by atoms with E-state index in [1.807, 2.05) is 49.4 Å². The van der Waals surface area contributed by atoms with Crippen molar-refractivity contribution in [3.63, 3.8) is 0 Å². The lowest BCUT2D eigenvalue weighted by Crippen LogP contribution is -2.27. The summed E-state index contributed by atoms with van der Waals surface area (Å²) in [6.07, 6.45) is 2.62. The molecular formula is C23H25NO3S2. The third-order valence-corrected chi connectivity index (χ3v) is 5.78. The molecule has 3 rings (SSSR count). The maximum absolute atomic E-state index is 12.4. The number of hydrogen-bond acceptors (Lipinski definition) is 5. The smallest absolute Gasteiger partial charge is 0.266 e. The van der Waals surface area contributed by atoms with E-state index in [1.54, 1.807) is 4.90 Å². The minimum absolute atomic E-state index is 0.0425. The second kappa shape index (κ2) is 9.94. The van der Waals surface area contributed by atoms with Gasteiger partial charge in [0.1, 0.15) is 15.8 Å². The normalized spacial score (nSPS) is 15.3. The van der Waals surface area contributed by atoms with Crippen molar-refractivity contribution in [3.8, 4) is 11.5 Å². The van der Waals surface area contributed by atoms with Gasteiger partial charge in [0.05, 0.1) is 18.1 Å². The number of para-hydroxylation sites is 1. The molecule has 1 heterocycles. The summed E-state index contributed by atoms with van der Waals surface area (Å²) in [5.74, 6) is 1.60. The second-order valence-electron chi connectivity index (χ2n) is 6.84. The molecule has 1 saturated heterocycles. The van der Waals surface area contributed by atoms with Gasteiger partial charge in [0.15, 0.2) is 0 Å². The number of amides is 1. The number of thiocarbonyl (C=S) groups is 1. The Morgan fingerprint density at radius 3 is 2.45 bits per heavy atom. The first kappa shape index (κ1) is 21.4. The minimum Gasteiger partial charge on any atom is -0.493 e. The fraction of sp³-hybridized carbons (Fsp3) is 0.304. The van der Waals surface area contributed by atoms with E-state index >= 15 is 0 Å². The molecule has 29 heavy (non-hydrogen) atoms. The molecule has 1 aliphatic rings. The van der Waals surface area contributed by atoms with Gasteiger partial charge in [-0.3, -0.25) is 9.69 Å². The maximum atomic E-state index is 12.4. The zero-order valence-electron chi connectivity index (χ0n) is 16.9. The van der Waals surface area contributed by atoms with E-state index in [9.17, 15) is 4.79 Å². The highest BCUT2D eigenvalue weighted by molar-refractivity contribution is 8.26. The molecule has 0 atom stereocenters. The van der Waals surface area contributed by atoms with Crippen LogP contribution in [-0.2, 0) is 4.79 Å². The van der Waals surface area contributed by atoms with E-state index in [0.717, 1.165) is 23.5 Å². The first-order chi connectivity index (χ1) is 14.0. The molecule has 0 aromatic heterocycles. The Bertz CT molecular complexity index is 919. The van der Waals surface area contributed by atoms with Crippen molar-refractivity contribution < 1.29 is 14.3 Å². The number of thioether (sulfide) groups is 1. The van der Waals surface area contributed by atoms with Crippen LogP contribution in [0.15, 0.2) is 47.4 Å². The molecule has 6 heteroatoms. The Kier molecular flexibility index (Phi) is 7.34. The monoisotopic (exact) mass is 427 g/mol. The summed E-state index contributed by atoms with van der Waals surface area (Å²) in [4.78, 5) is 14.7. The molecule has 4 nitrogen and oxygen atoms in total. The first-order valence-corrected chi connectivity index (χ1v) is 10.9. The third-order valence-electron chi connectivity index (χ3n) is 4.41. The number of carbonyl (C=O) groups is 1. The van der Waals surface area contributed by atoms with Crippen molar-refractivity contribution in [2.24, 2.45) is 0 Å². The average Bonchev–Trinajstić information content (AvgIpc) is 2.94. The van der Waals surface area contributed by atoms with E-state index in [2.05, 4.69) is 19.9 Å². The molecule has 152 valence electrons. The molecule has 0 unspecified atom stereocenters. The van der Waals surface area contributed by atoms with E-state index in [4.69, 9.17) is 21.7 Å². The van der Waals surface area contributed by atoms with Crippen LogP contribution < -0.4 is 9.47 Å². The molecular weight excluding hydrogens is 402 g/mol. The van der Waals surface area contributed by atoms with Gasteiger partial charge >= 0.3 is 0 Å². The SMILES string of the molecule is CCN1C(=O)/C(=C\c2ccccc2OCCCOc2cc(C)cc(C)c2)SC1=S. The van der Waals surface area contributed by atoms with Gasteiger partial charge < -0.3 is 9.47 Å². The highest BCUT2D eigenvalue weighted by atomic mass is 32.2. The predicted molar refractivity (Wildman–Crippen MR) is 124 cm³/mol. The van der Waals surface area contributed by atoms with Gasteiger partial charge in [-0.05, 0) is 56.2 Å². The van der Waals surface area contributed by atoms with Gasteiger partial charge in [-0.25, -0.2) is 0 Å². The summed E-state index contributed by atoms with van der Waals surface area (Å²) in [6.45, 7) is 7.75. The molecule has 1 fully saturated rings. The Balaban J connectivity index is 1.56. The van der Waals surface area contributed by atoms with Crippen molar-refractivity contribution in [2.75, 3.05) is 19.8 Å². The van der Waals surface area contributed by atoms with Gasteiger partial charge in [-0.2, -0.15) is 0 Å². The van der Waals surface area contributed by atoms with Gasteiger partial charge in [-0.1, -0.05) is 48.2 Å². The highest BCUT2D eigenvalue weighted by Gasteiger charge is 2.30. The Labute approximate surface area is 181 Å². The predicted octanol–water partition coefficient (Wildman–Crippen LogP) is 5.37. The number of aryl methyl sites for hydroxylation is 2. The fourth-order valence-electron chi connectivity index (χ4n) is 3.09. The lowest BCUT2D eigenvalue weighted by Gasteiger charge is -2.11. The van der Waals surface area contributed by atoms with Crippen molar-refractivity contribution in [2.45, 2.75) is 27.2 Å².